The van der Waals surface area contributed by atoms with E-state index >= 15 is 0 Å². The summed E-state index contributed by atoms with van der Waals surface area (Å²) < 4.78 is 6.25. The maximum atomic E-state index is 11.0. The molecule has 0 spiro atoms. The molecule has 18 heavy (non-hydrogen) atoms. The number of ether oxygens (including phenoxy) is 1. The smallest absolute Gasteiger partial charge is 0.248 e. The van der Waals surface area contributed by atoms with Crippen LogP contribution < -0.4 is 16.2 Å². The van der Waals surface area contributed by atoms with Crippen LogP contribution in [0, 0.1) is 0 Å². The molecular formula is C12H10BrN3O2. The number of aromatic nitrogens is 1. The highest BCUT2D eigenvalue weighted by Crippen LogP contribution is 2.27. The van der Waals surface area contributed by atoms with Gasteiger partial charge in [0.2, 0.25) is 11.8 Å². The molecule has 0 aliphatic heterocycles. The average molecular weight is 308 g/mol. The van der Waals surface area contributed by atoms with Gasteiger partial charge in [-0.05, 0) is 40.2 Å². The number of nitrogens with two attached hydrogens (primary N) is 2. The fraction of sp³-hybridized carbons (Fsp3) is 0. The fourth-order valence-electron chi connectivity index (χ4n) is 1.35. The van der Waals surface area contributed by atoms with Crippen LogP contribution in [0.15, 0.2) is 41.0 Å². The normalized spacial score (nSPS) is 10.1. The summed E-state index contributed by atoms with van der Waals surface area (Å²) in [6.07, 6.45) is 1.57. The van der Waals surface area contributed by atoms with Crippen molar-refractivity contribution in [1.29, 1.82) is 0 Å². The molecule has 0 atom stereocenters. The monoisotopic (exact) mass is 307 g/mol. The van der Waals surface area contributed by atoms with Gasteiger partial charge in [0.05, 0.1) is 5.69 Å². The Balaban J connectivity index is 2.28. The van der Waals surface area contributed by atoms with E-state index in [1.54, 1.807) is 30.5 Å². The molecule has 1 aromatic heterocycles. The summed E-state index contributed by atoms with van der Waals surface area (Å²) in [4.78, 5) is 15.1. The molecule has 0 aliphatic rings. The Bertz CT molecular complexity index is 602. The number of pyridine rings is 1. The van der Waals surface area contributed by atoms with Crippen LogP contribution in [0.25, 0.3) is 0 Å². The van der Waals surface area contributed by atoms with Crippen LogP contribution in [-0.4, -0.2) is 10.9 Å². The van der Waals surface area contributed by atoms with Gasteiger partial charge in [-0.2, -0.15) is 0 Å². The second-order valence-electron chi connectivity index (χ2n) is 3.54. The minimum absolute atomic E-state index is 0.278. The minimum Gasteiger partial charge on any atom is -0.437 e. The van der Waals surface area contributed by atoms with E-state index in [4.69, 9.17) is 16.2 Å². The molecule has 0 bridgehead atoms. The van der Waals surface area contributed by atoms with E-state index in [9.17, 15) is 4.79 Å². The van der Waals surface area contributed by atoms with Gasteiger partial charge in [-0.15, -0.1) is 0 Å². The molecule has 1 amide bonds. The Kier molecular flexibility index (Phi) is 3.47. The van der Waals surface area contributed by atoms with E-state index < -0.39 is 5.91 Å². The molecule has 1 aromatic carbocycles. The quantitative estimate of drug-likeness (QED) is 0.910. The highest BCUT2D eigenvalue weighted by molar-refractivity contribution is 9.10. The summed E-state index contributed by atoms with van der Waals surface area (Å²) in [5, 5.41) is 0. The zero-order valence-electron chi connectivity index (χ0n) is 9.26. The Hall–Kier alpha value is -2.08. The van der Waals surface area contributed by atoms with Crippen LogP contribution >= 0.6 is 15.9 Å². The third-order valence-electron chi connectivity index (χ3n) is 2.18. The van der Waals surface area contributed by atoms with Crippen molar-refractivity contribution in [1.82, 2.24) is 4.98 Å². The van der Waals surface area contributed by atoms with Crippen molar-refractivity contribution in [2.45, 2.75) is 0 Å². The summed E-state index contributed by atoms with van der Waals surface area (Å²) in [5.41, 5.74) is 11.7. The van der Waals surface area contributed by atoms with Crippen LogP contribution in [-0.2, 0) is 0 Å². The summed E-state index contributed by atoms with van der Waals surface area (Å²) in [6.45, 7) is 0. The second kappa shape index (κ2) is 5.05. The second-order valence-corrected chi connectivity index (χ2v) is 4.46. The van der Waals surface area contributed by atoms with Gasteiger partial charge in [0.25, 0.3) is 0 Å². The molecule has 2 rings (SSSR count). The van der Waals surface area contributed by atoms with Crippen LogP contribution in [0.1, 0.15) is 10.4 Å². The van der Waals surface area contributed by atoms with Crippen LogP contribution in [0.4, 0.5) is 5.69 Å². The predicted molar refractivity (Wildman–Crippen MR) is 71.4 cm³/mol. The molecule has 1 heterocycles. The zero-order chi connectivity index (χ0) is 13.1. The van der Waals surface area contributed by atoms with E-state index in [1.807, 2.05) is 0 Å². The van der Waals surface area contributed by atoms with E-state index in [2.05, 4.69) is 20.9 Å². The predicted octanol–water partition coefficient (Wildman–Crippen LogP) is 2.32. The molecule has 6 heteroatoms. The molecular weight excluding hydrogens is 298 g/mol. The van der Waals surface area contributed by atoms with Crippen molar-refractivity contribution < 1.29 is 9.53 Å². The summed E-state index contributed by atoms with van der Waals surface area (Å²) in [7, 11) is 0. The van der Waals surface area contributed by atoms with E-state index in [0.29, 0.717) is 17.0 Å². The van der Waals surface area contributed by atoms with Crippen molar-refractivity contribution in [3.8, 4) is 11.6 Å². The van der Waals surface area contributed by atoms with E-state index in [0.717, 1.165) is 4.47 Å². The van der Waals surface area contributed by atoms with Crippen molar-refractivity contribution in [2.75, 3.05) is 5.73 Å². The minimum atomic E-state index is -0.516. The number of amides is 1. The first-order valence-corrected chi connectivity index (χ1v) is 5.84. The Morgan fingerprint density at radius 2 is 2.11 bits per heavy atom. The molecule has 0 saturated heterocycles. The lowest BCUT2D eigenvalue weighted by Gasteiger charge is -2.08. The lowest BCUT2D eigenvalue weighted by molar-refractivity contribution is 0.1000. The molecule has 4 N–H and O–H groups in total. The molecule has 2 aromatic rings. The van der Waals surface area contributed by atoms with Gasteiger partial charge >= 0.3 is 0 Å². The summed E-state index contributed by atoms with van der Waals surface area (Å²) >= 11 is 3.25. The molecule has 92 valence electrons. The van der Waals surface area contributed by atoms with E-state index in [-0.39, 0.29) is 5.88 Å². The van der Waals surface area contributed by atoms with Gasteiger partial charge in [0.15, 0.2) is 0 Å². The molecule has 0 radical (unpaired) electrons. The average Bonchev–Trinajstić information content (AvgIpc) is 2.33. The van der Waals surface area contributed by atoms with Crippen LogP contribution in [0.2, 0.25) is 0 Å². The Morgan fingerprint density at radius 3 is 2.78 bits per heavy atom. The third kappa shape index (κ3) is 2.78. The standard InChI is InChI=1S/C12H10BrN3O2/c13-8-5-10(14)12(16-6-8)18-9-3-1-2-7(4-9)11(15)17/h1-6H,14H2,(H2,15,17). The number of hydrogen-bond donors (Lipinski definition) is 2. The topological polar surface area (TPSA) is 91.2 Å². The number of carbonyl (C=O) groups excluding carboxylic acids is 1. The molecule has 0 aliphatic carbocycles. The Morgan fingerprint density at radius 1 is 1.33 bits per heavy atom. The maximum Gasteiger partial charge on any atom is 0.248 e. The van der Waals surface area contributed by atoms with Crippen molar-refractivity contribution >= 4 is 27.5 Å². The van der Waals surface area contributed by atoms with Gasteiger partial charge in [0, 0.05) is 16.2 Å². The van der Waals surface area contributed by atoms with Gasteiger partial charge in [0.1, 0.15) is 5.75 Å². The number of primary amides is 1. The number of nitrogen functional groups attached to an aromatic ring is 1. The number of halogens is 1. The SMILES string of the molecule is NC(=O)c1cccc(Oc2ncc(Br)cc2N)c1. The number of nitrogens with zero attached hydrogens (tertiary/aromatic N) is 1. The van der Waals surface area contributed by atoms with Gasteiger partial charge < -0.3 is 16.2 Å². The molecule has 0 saturated carbocycles. The fourth-order valence-corrected chi connectivity index (χ4v) is 1.70. The largest absolute Gasteiger partial charge is 0.437 e. The van der Waals surface area contributed by atoms with Gasteiger partial charge in [-0.3, -0.25) is 4.79 Å². The van der Waals surface area contributed by atoms with Gasteiger partial charge in [-0.1, -0.05) is 6.07 Å². The molecule has 0 unspecified atom stereocenters. The summed E-state index contributed by atoms with van der Waals surface area (Å²) in [5.74, 6) is 0.213. The number of carbonyl (C=O) groups is 1. The van der Waals surface area contributed by atoms with Crippen molar-refractivity contribution in [3.05, 3.63) is 46.6 Å². The number of anilines is 1. The summed E-state index contributed by atoms with van der Waals surface area (Å²) in [6, 6.07) is 8.18. The van der Waals surface area contributed by atoms with Crippen molar-refractivity contribution in [3.63, 3.8) is 0 Å². The number of rotatable bonds is 3. The first-order chi connectivity index (χ1) is 8.56. The van der Waals surface area contributed by atoms with E-state index in [1.165, 1.54) is 6.07 Å². The first kappa shape index (κ1) is 12.4. The maximum absolute atomic E-state index is 11.0. The number of hydrogen-bond acceptors (Lipinski definition) is 4. The molecule has 0 fully saturated rings. The lowest BCUT2D eigenvalue weighted by Crippen LogP contribution is -2.10. The zero-order valence-corrected chi connectivity index (χ0v) is 10.8. The first-order valence-electron chi connectivity index (χ1n) is 5.05. The van der Waals surface area contributed by atoms with Crippen molar-refractivity contribution in [2.24, 2.45) is 5.73 Å². The lowest BCUT2D eigenvalue weighted by atomic mass is 10.2. The third-order valence-corrected chi connectivity index (χ3v) is 2.61. The molecule has 5 nitrogen and oxygen atoms in total. The highest BCUT2D eigenvalue weighted by Gasteiger charge is 2.06. The highest BCUT2D eigenvalue weighted by atomic mass is 79.9. The van der Waals surface area contributed by atoms with Gasteiger partial charge in [-0.25, -0.2) is 4.98 Å². The number of benzene rings is 1. The Labute approximate surface area is 112 Å². The van der Waals surface area contributed by atoms with Crippen LogP contribution in [0.3, 0.4) is 0 Å². The van der Waals surface area contributed by atoms with Crippen LogP contribution in [0.5, 0.6) is 11.6 Å².